The van der Waals surface area contributed by atoms with Crippen molar-refractivity contribution in [1.29, 1.82) is 0 Å². The first kappa shape index (κ1) is 91.1. The zero-order valence-corrected chi connectivity index (χ0v) is 81.7. The van der Waals surface area contributed by atoms with Crippen molar-refractivity contribution in [3.8, 4) is 203 Å². The van der Waals surface area contributed by atoms with E-state index in [2.05, 4.69) is 528 Å². The molecule has 3 aromatic heterocycles. The van der Waals surface area contributed by atoms with E-state index in [0.29, 0.717) is 52.4 Å². The van der Waals surface area contributed by atoms with Crippen molar-refractivity contribution in [3.63, 3.8) is 0 Å². The van der Waals surface area contributed by atoms with Crippen molar-refractivity contribution in [2.75, 3.05) is 0 Å². The van der Waals surface area contributed by atoms with Crippen molar-refractivity contribution >= 4 is 64.6 Å². The van der Waals surface area contributed by atoms with Gasteiger partial charge in [-0.2, -0.15) is 0 Å². The molecule has 0 aliphatic heterocycles. The summed E-state index contributed by atoms with van der Waals surface area (Å²) in [6.07, 6.45) is 0. The highest BCUT2D eigenvalue weighted by atomic mass is 15.1. The third kappa shape index (κ3) is 19.3. The normalized spacial score (nSPS) is 11.2. The van der Waals surface area contributed by atoms with Gasteiger partial charge in [0.2, 0.25) is 0 Å². The lowest BCUT2D eigenvalue weighted by Crippen LogP contribution is -2.00. The Bertz CT molecular complexity index is 9320. The molecular weight excluding hydrogens is 1820 g/mol. The van der Waals surface area contributed by atoms with E-state index in [1.165, 1.54) is 92.5 Å². The Morgan fingerprint density at radius 2 is 0.253 bits per heavy atom. The van der Waals surface area contributed by atoms with E-state index in [1.54, 1.807) is 0 Å². The molecule has 27 aromatic rings. The van der Waals surface area contributed by atoms with Gasteiger partial charge in [-0.25, -0.2) is 44.9 Å². The minimum atomic E-state index is 0.634. The average Bonchev–Trinajstić information content (AvgIpc) is 0.766. The maximum atomic E-state index is 5.09. The summed E-state index contributed by atoms with van der Waals surface area (Å²) in [5.41, 5.74) is 29.1. The molecule has 0 bridgehead atoms. The number of fused-ring (bicyclic) bond motifs is 9. The fourth-order valence-corrected chi connectivity index (χ4v) is 20.3. The summed E-state index contributed by atoms with van der Waals surface area (Å²) >= 11 is 0. The molecule has 0 fully saturated rings. The third-order valence-electron chi connectivity index (χ3n) is 28.0. The van der Waals surface area contributed by atoms with Gasteiger partial charge >= 0.3 is 0 Å². The Labute approximate surface area is 870 Å². The molecule has 0 spiro atoms. The standard InChI is InChI=1S/3C47H31N3/c1-3-11-32(12-4-1)38-16-9-18-41(29-38)46-48-45(49-47(50-46)42-19-10-17-39(30-42)33-13-5-2-6-14-33)37-26-21-34(22-27-37)40-28-25-36-24-23-35-15-7-8-20-43(35)44(36)31-40;1-3-13-32(14-4-1)36-18-11-20-39(29-36)46-48-45(49-47(50-46)40-21-12-19-37(30-40)33-15-5-2-6-16-33)35-27-25-34(26-28-35)44-31-38-17-7-8-22-41(38)42-23-9-10-24-43(42)44;1-3-12-32(13-4-1)34-22-26-36(27-23-34)45-48-46(37-28-24-35(25-29-37)33-14-5-2-6-15-33)50-47(49-45)40-18-11-17-38(30-40)44-31-39-16-7-8-19-41(39)42-20-9-10-21-43(42)44/h3*1-31H. The highest BCUT2D eigenvalue weighted by molar-refractivity contribution is 6.16. The molecule has 702 valence electrons. The number of hydrogen-bond donors (Lipinski definition) is 0. The van der Waals surface area contributed by atoms with Gasteiger partial charge in [-0.3, -0.25) is 0 Å². The molecule has 3 heterocycles. The summed E-state index contributed by atoms with van der Waals surface area (Å²) in [6, 6.07) is 198. The lowest BCUT2D eigenvalue weighted by atomic mass is 9.92. The lowest BCUT2D eigenvalue weighted by molar-refractivity contribution is 1.07. The van der Waals surface area contributed by atoms with Gasteiger partial charge in [0.1, 0.15) is 0 Å². The van der Waals surface area contributed by atoms with Crippen LogP contribution >= 0.6 is 0 Å². The highest BCUT2D eigenvalue weighted by Crippen LogP contribution is 2.43. The SMILES string of the molecule is c1ccc(-c2ccc(-c3nc(-c4ccc(-c5ccccc5)cc4)nc(-c4cccc(-c5cc6ccccc6c6ccccc56)c4)n3)cc2)cc1.c1ccc(-c2cccc(-c3nc(-c4ccc(-c5cc6ccccc6c6ccccc56)cc4)nc(-c4cccc(-c5ccccc5)c4)n3)c2)cc1.c1ccc(-c2cccc(-c3nc(-c4ccc(-c5ccc6ccc7ccccc7c6c5)cc4)nc(-c4cccc(-c5ccccc5)c4)n3)c2)cc1. The minimum absolute atomic E-state index is 0.634. The maximum absolute atomic E-state index is 5.09. The van der Waals surface area contributed by atoms with Gasteiger partial charge in [0, 0.05) is 50.1 Å². The van der Waals surface area contributed by atoms with Crippen LogP contribution < -0.4 is 0 Å². The topological polar surface area (TPSA) is 116 Å². The predicted molar refractivity (Wildman–Crippen MR) is 622 cm³/mol. The van der Waals surface area contributed by atoms with E-state index in [4.69, 9.17) is 44.9 Å². The van der Waals surface area contributed by atoms with E-state index in [0.717, 1.165) is 122 Å². The molecule has 0 saturated carbocycles. The first-order valence-corrected chi connectivity index (χ1v) is 50.6. The Balaban J connectivity index is 0.000000116. The predicted octanol–water partition coefficient (Wildman–Crippen LogP) is 36.5. The molecule has 150 heavy (non-hydrogen) atoms. The Hall–Kier alpha value is -20.1. The first-order chi connectivity index (χ1) is 74.3. The van der Waals surface area contributed by atoms with Crippen LogP contribution in [0.1, 0.15) is 0 Å². The van der Waals surface area contributed by atoms with E-state index >= 15 is 0 Å². The van der Waals surface area contributed by atoms with Crippen molar-refractivity contribution in [2.24, 2.45) is 0 Å². The van der Waals surface area contributed by atoms with E-state index in [1.807, 2.05) is 36.4 Å². The fraction of sp³-hybridized carbons (Fsp3) is 0. The quantitative estimate of drug-likeness (QED) is 0.0774. The van der Waals surface area contributed by atoms with Crippen LogP contribution in [0.15, 0.2) is 564 Å². The summed E-state index contributed by atoms with van der Waals surface area (Å²) in [5, 5.41) is 14.9. The molecule has 0 aliphatic rings. The zero-order chi connectivity index (χ0) is 99.8. The molecular formula is C141H93N9. The molecule has 27 rings (SSSR count). The Morgan fingerprint density at radius 1 is 0.0800 bits per heavy atom. The van der Waals surface area contributed by atoms with Crippen LogP contribution in [0.4, 0.5) is 0 Å². The Kier molecular flexibility index (Phi) is 25.1. The maximum Gasteiger partial charge on any atom is 0.164 e. The van der Waals surface area contributed by atoms with Crippen LogP contribution in [-0.2, 0) is 0 Å². The van der Waals surface area contributed by atoms with Crippen LogP contribution in [-0.4, -0.2) is 44.9 Å². The van der Waals surface area contributed by atoms with Crippen LogP contribution in [0.5, 0.6) is 0 Å². The average molecular weight is 1910 g/mol. The van der Waals surface area contributed by atoms with Crippen LogP contribution in [0.2, 0.25) is 0 Å². The highest BCUT2D eigenvalue weighted by Gasteiger charge is 2.22. The van der Waals surface area contributed by atoms with Crippen molar-refractivity contribution in [1.82, 2.24) is 44.9 Å². The van der Waals surface area contributed by atoms with Gasteiger partial charge in [-0.05, 0) is 213 Å². The molecule has 0 amide bonds. The van der Waals surface area contributed by atoms with Crippen molar-refractivity contribution in [3.05, 3.63) is 564 Å². The molecule has 0 radical (unpaired) electrons. The number of aromatic nitrogens is 9. The van der Waals surface area contributed by atoms with Crippen molar-refractivity contribution in [2.45, 2.75) is 0 Å². The third-order valence-corrected chi connectivity index (χ3v) is 28.0. The van der Waals surface area contributed by atoms with Gasteiger partial charge in [-0.1, -0.05) is 516 Å². The molecule has 9 nitrogen and oxygen atoms in total. The van der Waals surface area contributed by atoms with Crippen molar-refractivity contribution < 1.29 is 0 Å². The summed E-state index contributed by atoms with van der Waals surface area (Å²) in [7, 11) is 0. The molecule has 9 heteroatoms. The van der Waals surface area contributed by atoms with Crippen LogP contribution in [0.25, 0.3) is 267 Å². The first-order valence-electron chi connectivity index (χ1n) is 50.6. The summed E-state index contributed by atoms with van der Waals surface area (Å²) in [6.45, 7) is 0. The minimum Gasteiger partial charge on any atom is -0.208 e. The summed E-state index contributed by atoms with van der Waals surface area (Å²) in [4.78, 5) is 45.7. The van der Waals surface area contributed by atoms with Gasteiger partial charge in [0.25, 0.3) is 0 Å². The fourth-order valence-electron chi connectivity index (χ4n) is 20.3. The molecule has 24 aromatic carbocycles. The van der Waals surface area contributed by atoms with Gasteiger partial charge in [0.15, 0.2) is 52.4 Å². The molecule has 0 saturated heterocycles. The molecule has 0 atom stereocenters. The van der Waals surface area contributed by atoms with Gasteiger partial charge in [0.05, 0.1) is 0 Å². The van der Waals surface area contributed by atoms with E-state index in [9.17, 15) is 0 Å². The number of rotatable bonds is 18. The monoisotopic (exact) mass is 1910 g/mol. The van der Waals surface area contributed by atoms with Crippen LogP contribution in [0, 0.1) is 0 Å². The summed E-state index contributed by atoms with van der Waals surface area (Å²) < 4.78 is 0. The van der Waals surface area contributed by atoms with Crippen LogP contribution in [0.3, 0.4) is 0 Å². The smallest absolute Gasteiger partial charge is 0.164 e. The molecule has 0 unspecified atom stereocenters. The Morgan fingerprint density at radius 3 is 0.567 bits per heavy atom. The number of benzene rings is 24. The lowest BCUT2D eigenvalue weighted by Gasteiger charge is -2.13. The van der Waals surface area contributed by atoms with Gasteiger partial charge in [-0.15, -0.1) is 0 Å². The molecule has 0 N–H and O–H groups in total. The summed E-state index contributed by atoms with van der Waals surface area (Å²) in [5.74, 6) is 5.73. The second-order valence-electron chi connectivity index (χ2n) is 37.4. The number of nitrogens with zero attached hydrogens (tertiary/aromatic N) is 9. The molecule has 0 aliphatic carbocycles. The zero-order valence-electron chi connectivity index (χ0n) is 81.7. The largest absolute Gasteiger partial charge is 0.208 e. The second-order valence-corrected chi connectivity index (χ2v) is 37.4. The second kappa shape index (κ2) is 41.3. The number of hydrogen-bond acceptors (Lipinski definition) is 9. The van der Waals surface area contributed by atoms with E-state index < -0.39 is 0 Å². The van der Waals surface area contributed by atoms with Gasteiger partial charge < -0.3 is 0 Å². The van der Waals surface area contributed by atoms with E-state index in [-0.39, 0.29) is 0 Å².